The van der Waals surface area contributed by atoms with E-state index in [1.165, 1.54) is 6.21 Å². The zero-order valence-corrected chi connectivity index (χ0v) is 6.88. The third-order valence-corrected chi connectivity index (χ3v) is 1.52. The van der Waals surface area contributed by atoms with Gasteiger partial charge in [0, 0.05) is 12.5 Å². The Morgan fingerprint density at radius 1 is 1.73 bits per heavy atom. The van der Waals surface area contributed by atoms with E-state index >= 15 is 0 Å². The van der Waals surface area contributed by atoms with Gasteiger partial charge in [-0.25, -0.2) is 0 Å². The predicted octanol–water partition coefficient (Wildman–Crippen LogP) is -1.41. The zero-order valence-electron chi connectivity index (χ0n) is 6.88. The van der Waals surface area contributed by atoms with Crippen LogP contribution in [0.2, 0.25) is 0 Å². The molecule has 0 aliphatic rings. The van der Waals surface area contributed by atoms with Crippen LogP contribution >= 0.6 is 0 Å². The molecule has 0 fully saturated rings. The van der Waals surface area contributed by atoms with Gasteiger partial charge in [-0.1, -0.05) is 0 Å². The number of quaternary nitrogens is 1. The first-order valence-corrected chi connectivity index (χ1v) is 3.70. The molecule has 1 atom stereocenters. The van der Waals surface area contributed by atoms with Crippen LogP contribution in [0, 0.1) is 11.3 Å². The minimum absolute atomic E-state index is 0.128. The van der Waals surface area contributed by atoms with Crippen molar-refractivity contribution in [2.24, 2.45) is 17.4 Å². The second kappa shape index (κ2) is 5.88. The van der Waals surface area contributed by atoms with Crippen molar-refractivity contribution in [1.82, 2.24) is 0 Å². The molecule has 0 aliphatic heterocycles. The summed E-state index contributed by atoms with van der Waals surface area (Å²) in [5.41, 5.74) is 11.9. The SMILES string of the molecule is C[NH2+]C=C(N)C(CN)CC=N. The number of rotatable bonds is 5. The van der Waals surface area contributed by atoms with Gasteiger partial charge in [0.25, 0.3) is 0 Å². The number of hydrogen-bond acceptors (Lipinski definition) is 3. The summed E-state index contributed by atoms with van der Waals surface area (Å²) in [5, 5.41) is 8.77. The van der Waals surface area contributed by atoms with E-state index in [-0.39, 0.29) is 5.92 Å². The molecule has 0 saturated carbocycles. The van der Waals surface area contributed by atoms with Crippen LogP contribution in [0.5, 0.6) is 0 Å². The molecule has 0 aromatic rings. The van der Waals surface area contributed by atoms with Crippen LogP contribution in [0.15, 0.2) is 11.9 Å². The Morgan fingerprint density at radius 3 is 2.73 bits per heavy atom. The number of nitrogens with one attached hydrogen (secondary N) is 1. The summed E-state index contributed by atoms with van der Waals surface area (Å²) in [6, 6.07) is 0. The topological polar surface area (TPSA) is 92.5 Å². The summed E-state index contributed by atoms with van der Waals surface area (Å²) in [4.78, 5) is 0. The summed E-state index contributed by atoms with van der Waals surface area (Å²) in [7, 11) is 1.91. The van der Waals surface area contributed by atoms with Crippen molar-refractivity contribution in [3.63, 3.8) is 0 Å². The highest BCUT2D eigenvalue weighted by Gasteiger charge is 2.08. The lowest BCUT2D eigenvalue weighted by Gasteiger charge is -2.10. The van der Waals surface area contributed by atoms with Crippen LogP contribution in [0.25, 0.3) is 0 Å². The Kier molecular flexibility index (Phi) is 5.42. The van der Waals surface area contributed by atoms with Gasteiger partial charge in [0.15, 0.2) is 0 Å². The summed E-state index contributed by atoms with van der Waals surface area (Å²) >= 11 is 0. The standard InChI is InChI=1S/C7H16N4/c1-11-5-7(10)6(4-9)2-3-8/h3,5-6,8,11H,2,4,9-10H2,1H3/p+1. The lowest BCUT2D eigenvalue weighted by Crippen LogP contribution is -2.73. The molecule has 0 bridgehead atoms. The monoisotopic (exact) mass is 157 g/mol. The fourth-order valence-corrected chi connectivity index (χ4v) is 0.839. The largest absolute Gasteiger partial charge is 0.398 e. The van der Waals surface area contributed by atoms with E-state index in [0.29, 0.717) is 13.0 Å². The second-order valence-corrected chi connectivity index (χ2v) is 2.37. The first kappa shape index (κ1) is 10.1. The second-order valence-electron chi connectivity index (χ2n) is 2.37. The molecule has 0 amide bonds. The molecule has 0 saturated heterocycles. The van der Waals surface area contributed by atoms with Gasteiger partial charge in [0.1, 0.15) is 6.20 Å². The molecular weight excluding hydrogens is 140 g/mol. The Balaban J connectivity index is 4.00. The Hall–Kier alpha value is -0.870. The third-order valence-electron chi connectivity index (χ3n) is 1.52. The normalized spacial score (nSPS) is 14.5. The van der Waals surface area contributed by atoms with Crippen molar-refractivity contribution in [2.75, 3.05) is 13.6 Å². The highest BCUT2D eigenvalue weighted by Crippen LogP contribution is 2.04. The van der Waals surface area contributed by atoms with Crippen molar-refractivity contribution in [3.8, 4) is 0 Å². The van der Waals surface area contributed by atoms with E-state index in [1.54, 1.807) is 0 Å². The van der Waals surface area contributed by atoms with Crippen molar-refractivity contribution in [2.45, 2.75) is 6.42 Å². The van der Waals surface area contributed by atoms with Gasteiger partial charge >= 0.3 is 0 Å². The van der Waals surface area contributed by atoms with Crippen LogP contribution in [0.4, 0.5) is 0 Å². The summed E-state index contributed by atoms with van der Waals surface area (Å²) < 4.78 is 0. The van der Waals surface area contributed by atoms with E-state index in [9.17, 15) is 0 Å². The molecule has 7 N–H and O–H groups in total. The Bertz CT molecular complexity index is 141. The van der Waals surface area contributed by atoms with Gasteiger partial charge in [0.05, 0.1) is 12.7 Å². The summed E-state index contributed by atoms with van der Waals surface area (Å²) in [6.45, 7) is 0.506. The molecule has 0 aromatic carbocycles. The number of hydrogen-bond donors (Lipinski definition) is 4. The first-order chi connectivity index (χ1) is 5.26. The van der Waals surface area contributed by atoms with E-state index in [0.717, 1.165) is 5.70 Å². The molecule has 64 valence electrons. The van der Waals surface area contributed by atoms with Crippen LogP contribution < -0.4 is 16.8 Å². The molecule has 0 spiro atoms. The molecule has 0 rings (SSSR count). The van der Waals surface area contributed by atoms with E-state index in [1.807, 2.05) is 18.6 Å². The molecular formula is C7H17N4+. The maximum Gasteiger partial charge on any atom is 0.112 e. The molecule has 0 aromatic heterocycles. The highest BCUT2D eigenvalue weighted by atomic mass is 14.8. The molecule has 4 heteroatoms. The Labute approximate surface area is 67.2 Å². The van der Waals surface area contributed by atoms with Crippen molar-refractivity contribution in [3.05, 3.63) is 11.9 Å². The molecule has 0 aliphatic carbocycles. The van der Waals surface area contributed by atoms with Gasteiger partial charge in [-0.05, 0) is 12.6 Å². The van der Waals surface area contributed by atoms with Gasteiger partial charge in [-0.3, -0.25) is 0 Å². The average molecular weight is 157 g/mol. The maximum absolute atomic E-state index is 6.89. The smallest absolute Gasteiger partial charge is 0.112 e. The zero-order chi connectivity index (χ0) is 8.69. The molecule has 1 unspecified atom stereocenters. The van der Waals surface area contributed by atoms with Gasteiger partial charge in [-0.2, -0.15) is 0 Å². The van der Waals surface area contributed by atoms with Crippen LogP contribution in [0.1, 0.15) is 6.42 Å². The van der Waals surface area contributed by atoms with Crippen LogP contribution in [-0.2, 0) is 0 Å². The Morgan fingerprint density at radius 2 is 2.36 bits per heavy atom. The minimum atomic E-state index is 0.128. The van der Waals surface area contributed by atoms with E-state index in [2.05, 4.69) is 0 Å². The molecule has 4 nitrogen and oxygen atoms in total. The summed E-state index contributed by atoms with van der Waals surface area (Å²) in [6.07, 6.45) is 3.81. The lowest BCUT2D eigenvalue weighted by atomic mass is 10.0. The summed E-state index contributed by atoms with van der Waals surface area (Å²) in [5.74, 6) is 0.128. The van der Waals surface area contributed by atoms with Gasteiger partial charge in [0.2, 0.25) is 0 Å². The van der Waals surface area contributed by atoms with Crippen molar-refractivity contribution >= 4 is 6.21 Å². The van der Waals surface area contributed by atoms with Crippen LogP contribution in [0.3, 0.4) is 0 Å². The van der Waals surface area contributed by atoms with Crippen molar-refractivity contribution in [1.29, 1.82) is 5.41 Å². The molecule has 0 radical (unpaired) electrons. The quantitative estimate of drug-likeness (QED) is 0.369. The fourth-order valence-electron chi connectivity index (χ4n) is 0.839. The fraction of sp³-hybridized carbons (Fsp3) is 0.571. The molecule has 0 heterocycles. The van der Waals surface area contributed by atoms with E-state index < -0.39 is 0 Å². The lowest BCUT2D eigenvalue weighted by molar-refractivity contribution is -0.557. The van der Waals surface area contributed by atoms with Crippen molar-refractivity contribution < 1.29 is 5.32 Å². The molecule has 11 heavy (non-hydrogen) atoms. The highest BCUT2D eigenvalue weighted by molar-refractivity contribution is 5.54. The van der Waals surface area contributed by atoms with Crippen LogP contribution in [-0.4, -0.2) is 19.8 Å². The van der Waals surface area contributed by atoms with Gasteiger partial charge in [-0.15, -0.1) is 0 Å². The van der Waals surface area contributed by atoms with E-state index in [4.69, 9.17) is 16.9 Å². The minimum Gasteiger partial charge on any atom is -0.398 e. The third kappa shape index (κ3) is 3.75. The average Bonchev–Trinajstić information content (AvgIpc) is 2.00. The van der Waals surface area contributed by atoms with Gasteiger partial charge < -0.3 is 22.2 Å². The first-order valence-electron chi connectivity index (χ1n) is 3.70. The number of nitrogens with two attached hydrogens (primary N) is 3. The predicted molar refractivity (Wildman–Crippen MR) is 46.1 cm³/mol. The maximum atomic E-state index is 6.89.